The van der Waals surface area contributed by atoms with E-state index in [9.17, 15) is 4.79 Å². The number of carboxylic acids is 1. The van der Waals surface area contributed by atoms with Crippen molar-refractivity contribution >= 4 is 5.97 Å². The SMILES string of the molecule is O=C(O)C1=C(C2CCCC2)CCNC1. The zero-order chi connectivity index (χ0) is 9.97. The number of nitrogens with one attached hydrogen (secondary N) is 1. The minimum absolute atomic E-state index is 0.557. The van der Waals surface area contributed by atoms with Gasteiger partial charge in [0.15, 0.2) is 0 Å². The van der Waals surface area contributed by atoms with Crippen LogP contribution in [-0.2, 0) is 4.79 Å². The molecule has 0 saturated heterocycles. The second-order valence-electron chi connectivity index (χ2n) is 4.22. The molecule has 1 heterocycles. The third kappa shape index (κ3) is 1.82. The highest BCUT2D eigenvalue weighted by atomic mass is 16.4. The summed E-state index contributed by atoms with van der Waals surface area (Å²) in [6.45, 7) is 1.50. The molecule has 1 saturated carbocycles. The van der Waals surface area contributed by atoms with E-state index in [1.54, 1.807) is 0 Å². The monoisotopic (exact) mass is 195 g/mol. The molecule has 2 N–H and O–H groups in total. The molecule has 0 aromatic carbocycles. The minimum atomic E-state index is -0.723. The third-order valence-electron chi connectivity index (χ3n) is 3.37. The second-order valence-corrected chi connectivity index (χ2v) is 4.22. The van der Waals surface area contributed by atoms with Gasteiger partial charge in [-0.3, -0.25) is 0 Å². The molecule has 0 spiro atoms. The molecule has 2 rings (SSSR count). The molecule has 78 valence electrons. The van der Waals surface area contributed by atoms with Crippen molar-refractivity contribution in [2.75, 3.05) is 13.1 Å². The molecular formula is C11H17NO2. The van der Waals surface area contributed by atoms with Crippen LogP contribution in [0.1, 0.15) is 32.1 Å². The van der Waals surface area contributed by atoms with Crippen LogP contribution in [0.15, 0.2) is 11.1 Å². The van der Waals surface area contributed by atoms with Crippen molar-refractivity contribution in [3.8, 4) is 0 Å². The van der Waals surface area contributed by atoms with E-state index in [0.717, 1.165) is 13.0 Å². The summed E-state index contributed by atoms with van der Waals surface area (Å²) in [5, 5.41) is 12.2. The highest BCUT2D eigenvalue weighted by Crippen LogP contribution is 2.35. The molecule has 2 aliphatic rings. The van der Waals surface area contributed by atoms with Gasteiger partial charge >= 0.3 is 5.97 Å². The number of carbonyl (C=O) groups is 1. The molecule has 0 aromatic rings. The predicted octanol–water partition coefficient (Wildman–Crippen LogP) is 1.55. The third-order valence-corrected chi connectivity index (χ3v) is 3.37. The smallest absolute Gasteiger partial charge is 0.332 e. The summed E-state index contributed by atoms with van der Waals surface area (Å²) in [5.74, 6) is -0.151. The summed E-state index contributed by atoms with van der Waals surface area (Å²) in [5.41, 5.74) is 1.87. The Bertz CT molecular complexity index is 264. The van der Waals surface area contributed by atoms with E-state index in [2.05, 4.69) is 5.32 Å². The van der Waals surface area contributed by atoms with Crippen molar-refractivity contribution in [1.82, 2.24) is 5.32 Å². The van der Waals surface area contributed by atoms with E-state index in [1.807, 2.05) is 0 Å². The van der Waals surface area contributed by atoms with Crippen LogP contribution in [0.4, 0.5) is 0 Å². The van der Waals surface area contributed by atoms with E-state index in [4.69, 9.17) is 5.11 Å². The molecular weight excluding hydrogens is 178 g/mol. The van der Waals surface area contributed by atoms with Gasteiger partial charge in [-0.05, 0) is 31.7 Å². The molecule has 0 radical (unpaired) electrons. The van der Waals surface area contributed by atoms with Gasteiger partial charge in [0.1, 0.15) is 0 Å². The second kappa shape index (κ2) is 4.13. The van der Waals surface area contributed by atoms with Crippen LogP contribution in [0, 0.1) is 5.92 Å². The Labute approximate surface area is 84.2 Å². The first-order valence-corrected chi connectivity index (χ1v) is 5.45. The summed E-state index contributed by atoms with van der Waals surface area (Å²) in [4.78, 5) is 11.0. The molecule has 3 heteroatoms. The van der Waals surface area contributed by atoms with Gasteiger partial charge in [0.25, 0.3) is 0 Å². The Hall–Kier alpha value is -0.830. The molecule has 0 aromatic heterocycles. The van der Waals surface area contributed by atoms with Crippen LogP contribution >= 0.6 is 0 Å². The van der Waals surface area contributed by atoms with Crippen molar-refractivity contribution < 1.29 is 9.90 Å². The number of hydrogen-bond acceptors (Lipinski definition) is 2. The summed E-state index contributed by atoms with van der Waals surface area (Å²) >= 11 is 0. The number of rotatable bonds is 2. The maximum Gasteiger partial charge on any atom is 0.332 e. The highest BCUT2D eigenvalue weighted by molar-refractivity contribution is 5.88. The molecule has 3 nitrogen and oxygen atoms in total. The van der Waals surface area contributed by atoms with E-state index in [0.29, 0.717) is 18.0 Å². The maximum absolute atomic E-state index is 11.0. The average molecular weight is 195 g/mol. The molecule has 0 amide bonds. The first kappa shape index (κ1) is 9.71. The van der Waals surface area contributed by atoms with Gasteiger partial charge in [-0.25, -0.2) is 4.79 Å². The van der Waals surface area contributed by atoms with Gasteiger partial charge in [0.2, 0.25) is 0 Å². The zero-order valence-corrected chi connectivity index (χ0v) is 8.38. The quantitative estimate of drug-likeness (QED) is 0.703. The van der Waals surface area contributed by atoms with Gasteiger partial charge < -0.3 is 10.4 Å². The molecule has 0 bridgehead atoms. The van der Waals surface area contributed by atoms with E-state index in [1.165, 1.54) is 31.3 Å². The summed E-state index contributed by atoms with van der Waals surface area (Å²) in [7, 11) is 0. The van der Waals surface area contributed by atoms with Crippen molar-refractivity contribution in [2.45, 2.75) is 32.1 Å². The van der Waals surface area contributed by atoms with E-state index in [-0.39, 0.29) is 0 Å². The molecule has 0 unspecified atom stereocenters. The summed E-state index contributed by atoms with van der Waals surface area (Å²) in [6.07, 6.45) is 5.88. The average Bonchev–Trinajstić information content (AvgIpc) is 2.70. The lowest BCUT2D eigenvalue weighted by Gasteiger charge is -2.23. The van der Waals surface area contributed by atoms with Crippen LogP contribution in [0.3, 0.4) is 0 Å². The van der Waals surface area contributed by atoms with Crippen molar-refractivity contribution in [1.29, 1.82) is 0 Å². The Morgan fingerprint density at radius 2 is 2.07 bits per heavy atom. The van der Waals surface area contributed by atoms with Gasteiger partial charge in [-0.1, -0.05) is 18.4 Å². The maximum atomic E-state index is 11.0. The van der Waals surface area contributed by atoms with Crippen LogP contribution in [0.2, 0.25) is 0 Å². The standard InChI is InChI=1S/C11H17NO2/c13-11(14)10-7-12-6-5-9(10)8-3-1-2-4-8/h8,12H,1-7H2,(H,13,14). The van der Waals surface area contributed by atoms with E-state index >= 15 is 0 Å². The van der Waals surface area contributed by atoms with Gasteiger partial charge in [-0.15, -0.1) is 0 Å². The first-order chi connectivity index (χ1) is 6.79. The molecule has 1 aliphatic heterocycles. The Kier molecular flexibility index (Phi) is 2.87. The Morgan fingerprint density at radius 1 is 1.36 bits per heavy atom. The molecule has 1 fully saturated rings. The van der Waals surface area contributed by atoms with Crippen molar-refractivity contribution in [3.05, 3.63) is 11.1 Å². The van der Waals surface area contributed by atoms with Gasteiger partial charge in [0, 0.05) is 6.54 Å². The number of aliphatic carboxylic acids is 1. The molecule has 14 heavy (non-hydrogen) atoms. The fraction of sp³-hybridized carbons (Fsp3) is 0.727. The summed E-state index contributed by atoms with van der Waals surface area (Å²) in [6, 6.07) is 0. The predicted molar refractivity (Wildman–Crippen MR) is 54.1 cm³/mol. The lowest BCUT2D eigenvalue weighted by molar-refractivity contribution is -0.132. The topological polar surface area (TPSA) is 49.3 Å². The normalized spacial score (nSPS) is 24.3. The van der Waals surface area contributed by atoms with Crippen LogP contribution < -0.4 is 5.32 Å². The van der Waals surface area contributed by atoms with Crippen molar-refractivity contribution in [3.63, 3.8) is 0 Å². The minimum Gasteiger partial charge on any atom is -0.478 e. The largest absolute Gasteiger partial charge is 0.478 e. The Morgan fingerprint density at radius 3 is 2.71 bits per heavy atom. The number of hydrogen-bond donors (Lipinski definition) is 2. The molecule has 1 aliphatic carbocycles. The fourth-order valence-corrected chi connectivity index (χ4v) is 2.64. The lowest BCUT2D eigenvalue weighted by Crippen LogP contribution is -2.30. The highest BCUT2D eigenvalue weighted by Gasteiger charge is 2.26. The lowest BCUT2D eigenvalue weighted by atomic mass is 9.88. The zero-order valence-electron chi connectivity index (χ0n) is 8.38. The molecule has 0 atom stereocenters. The first-order valence-electron chi connectivity index (χ1n) is 5.45. The van der Waals surface area contributed by atoms with Crippen molar-refractivity contribution in [2.24, 2.45) is 5.92 Å². The summed E-state index contributed by atoms with van der Waals surface area (Å²) < 4.78 is 0. The number of carboxylic acid groups (broad SMARTS) is 1. The van der Waals surface area contributed by atoms with Gasteiger partial charge in [-0.2, -0.15) is 0 Å². The fourth-order valence-electron chi connectivity index (χ4n) is 2.64. The van der Waals surface area contributed by atoms with Crippen LogP contribution in [0.25, 0.3) is 0 Å². The van der Waals surface area contributed by atoms with Crippen LogP contribution in [0.5, 0.6) is 0 Å². The van der Waals surface area contributed by atoms with E-state index < -0.39 is 5.97 Å². The van der Waals surface area contributed by atoms with Crippen LogP contribution in [-0.4, -0.2) is 24.2 Å². The van der Waals surface area contributed by atoms with Gasteiger partial charge in [0.05, 0.1) is 5.57 Å². The Balaban J connectivity index is 2.21.